The first-order valence-corrected chi connectivity index (χ1v) is 22.8. The van der Waals surface area contributed by atoms with Gasteiger partial charge in [0.15, 0.2) is 0 Å². The van der Waals surface area contributed by atoms with Crippen LogP contribution in [0.3, 0.4) is 0 Å². The van der Waals surface area contributed by atoms with Gasteiger partial charge in [0, 0.05) is 71.7 Å². The van der Waals surface area contributed by atoms with Gasteiger partial charge in [-0.15, -0.1) is 0 Å². The zero-order valence-electron chi connectivity index (χ0n) is 35.8. The quantitative estimate of drug-likeness (QED) is 0.0350. The number of hydrogen-bond acceptors (Lipinski definition) is 11. The summed E-state index contributed by atoms with van der Waals surface area (Å²) in [6.07, 6.45) is 5.53. The zero-order valence-corrected chi connectivity index (χ0v) is 36.7. The minimum Gasteiger partial charge on any atom is -0.380 e. The van der Waals surface area contributed by atoms with Gasteiger partial charge in [-0.05, 0) is 51.4 Å². The van der Waals surface area contributed by atoms with Gasteiger partial charge in [0.1, 0.15) is 12.1 Å². The Morgan fingerprint density at radius 3 is 1.41 bits per heavy atom. The van der Waals surface area contributed by atoms with E-state index in [1.165, 1.54) is 0 Å². The molecule has 0 aromatic rings. The van der Waals surface area contributed by atoms with E-state index in [1.807, 2.05) is 20.8 Å². The van der Waals surface area contributed by atoms with Gasteiger partial charge in [-0.1, -0.05) is 47.5 Å². The molecule has 19 heteroatoms. The molecule has 0 radical (unpaired) electrons. The standard InChI is InChI=1S/C39H75N6O12P/c1-6-24-54-28-21-41-35(47)18-16-32(38(50)42-22-29-55-25-7-2)45-37(49)19-17-33(39(51)43-23-30-56-26-8-3)44-36(48)15-13-14-34(46)40-20-11-9-10-12-27-57-58(52,53)31(4)5/h31-33H,6-30H2,1-5H3,(H,40,46)(H,41,47)(H,42,50)(H,43,51)(H,44,48)(H,45,49)(H,52,53). The van der Waals surface area contributed by atoms with Crippen molar-refractivity contribution in [2.45, 2.75) is 142 Å². The van der Waals surface area contributed by atoms with Crippen molar-refractivity contribution < 1.29 is 57.0 Å². The minimum absolute atomic E-state index is 0.0227. The van der Waals surface area contributed by atoms with Crippen LogP contribution in [-0.2, 0) is 52.1 Å². The SMILES string of the molecule is CCCOCCNC(=O)CCC(NC(=O)CCC(NC(=O)CCCC(=O)NCCCCCCOP(=O)(O)C(C)C)C(=O)NCCOCCC)C(=O)NCCOCCC. The Morgan fingerprint density at radius 2 is 0.914 bits per heavy atom. The second-order valence-electron chi connectivity index (χ2n) is 14.2. The van der Waals surface area contributed by atoms with E-state index < -0.39 is 49.0 Å². The number of rotatable bonds is 38. The fourth-order valence-corrected chi connectivity index (χ4v) is 5.79. The molecule has 58 heavy (non-hydrogen) atoms. The van der Waals surface area contributed by atoms with Gasteiger partial charge in [-0.25, -0.2) is 0 Å². The van der Waals surface area contributed by atoms with E-state index in [9.17, 15) is 38.2 Å². The molecule has 18 nitrogen and oxygen atoms in total. The van der Waals surface area contributed by atoms with Crippen molar-refractivity contribution in [3.63, 3.8) is 0 Å². The average molecular weight is 851 g/mol. The fraction of sp³-hybridized carbons (Fsp3) is 0.846. The van der Waals surface area contributed by atoms with Crippen LogP contribution in [0.5, 0.6) is 0 Å². The maximum atomic E-state index is 13.1. The van der Waals surface area contributed by atoms with E-state index in [0.29, 0.717) is 52.5 Å². The van der Waals surface area contributed by atoms with Crippen molar-refractivity contribution >= 4 is 43.0 Å². The Kier molecular flexibility index (Phi) is 33.8. The van der Waals surface area contributed by atoms with E-state index in [2.05, 4.69) is 31.9 Å². The van der Waals surface area contributed by atoms with E-state index in [1.54, 1.807) is 13.8 Å². The second kappa shape index (κ2) is 35.8. The molecule has 6 amide bonds. The number of ether oxygens (including phenoxy) is 3. The van der Waals surface area contributed by atoms with Crippen LogP contribution in [0.15, 0.2) is 0 Å². The van der Waals surface area contributed by atoms with Crippen molar-refractivity contribution in [3.8, 4) is 0 Å². The molecule has 0 heterocycles. The van der Waals surface area contributed by atoms with Crippen LogP contribution in [0.25, 0.3) is 0 Å². The monoisotopic (exact) mass is 851 g/mol. The summed E-state index contributed by atoms with van der Waals surface area (Å²) in [4.78, 5) is 86.7. The lowest BCUT2D eigenvalue weighted by Crippen LogP contribution is -2.50. The molecule has 3 unspecified atom stereocenters. The van der Waals surface area contributed by atoms with Gasteiger partial charge >= 0.3 is 7.60 Å². The van der Waals surface area contributed by atoms with E-state index in [4.69, 9.17) is 18.7 Å². The zero-order chi connectivity index (χ0) is 43.4. The van der Waals surface area contributed by atoms with Crippen LogP contribution < -0.4 is 31.9 Å². The minimum atomic E-state index is -3.56. The highest BCUT2D eigenvalue weighted by Crippen LogP contribution is 2.47. The maximum Gasteiger partial charge on any atom is 0.330 e. The van der Waals surface area contributed by atoms with Crippen LogP contribution >= 0.6 is 7.60 Å². The normalized spacial score (nSPS) is 13.2. The van der Waals surface area contributed by atoms with Gasteiger partial charge in [-0.2, -0.15) is 0 Å². The molecular formula is C39H75N6O12P. The predicted octanol–water partition coefficient (Wildman–Crippen LogP) is 2.60. The Labute approximate surface area is 346 Å². The second-order valence-corrected chi connectivity index (χ2v) is 16.6. The van der Waals surface area contributed by atoms with Crippen molar-refractivity contribution in [3.05, 3.63) is 0 Å². The summed E-state index contributed by atoms with van der Waals surface area (Å²) in [5.41, 5.74) is -0.448. The van der Waals surface area contributed by atoms with Gasteiger partial charge < -0.3 is 55.5 Å². The smallest absolute Gasteiger partial charge is 0.330 e. The molecule has 0 aromatic carbocycles. The summed E-state index contributed by atoms with van der Waals surface area (Å²) >= 11 is 0. The number of hydrogen-bond donors (Lipinski definition) is 7. The molecule has 0 saturated heterocycles. The number of unbranched alkanes of at least 4 members (excludes halogenated alkanes) is 3. The van der Waals surface area contributed by atoms with Crippen molar-refractivity contribution in [2.75, 3.05) is 72.4 Å². The van der Waals surface area contributed by atoms with Crippen LogP contribution in [0.1, 0.15) is 125 Å². The molecule has 0 aliphatic rings. The summed E-state index contributed by atoms with van der Waals surface area (Å²) < 4.78 is 33.1. The van der Waals surface area contributed by atoms with Crippen LogP contribution in [0, 0.1) is 0 Å². The van der Waals surface area contributed by atoms with Gasteiger partial charge in [0.05, 0.1) is 32.1 Å². The number of carbonyl (C=O) groups excluding carboxylic acids is 6. The molecule has 338 valence electrons. The van der Waals surface area contributed by atoms with Crippen LogP contribution in [0.4, 0.5) is 0 Å². The predicted molar refractivity (Wildman–Crippen MR) is 221 cm³/mol. The first-order chi connectivity index (χ1) is 27.8. The van der Waals surface area contributed by atoms with Gasteiger partial charge in [0.2, 0.25) is 35.4 Å². The molecule has 7 N–H and O–H groups in total. The van der Waals surface area contributed by atoms with Crippen molar-refractivity contribution in [1.82, 2.24) is 31.9 Å². The third kappa shape index (κ3) is 30.9. The summed E-state index contributed by atoms with van der Waals surface area (Å²) in [6, 6.07) is -2.09. The summed E-state index contributed by atoms with van der Waals surface area (Å²) in [7, 11) is -3.56. The summed E-state index contributed by atoms with van der Waals surface area (Å²) in [6.45, 7) is 13.2. The Morgan fingerprint density at radius 1 is 0.500 bits per heavy atom. The average Bonchev–Trinajstić information content (AvgIpc) is 3.18. The molecule has 0 aliphatic heterocycles. The molecule has 0 bridgehead atoms. The van der Waals surface area contributed by atoms with Crippen molar-refractivity contribution in [2.24, 2.45) is 0 Å². The molecule has 0 rings (SSSR count). The molecule has 0 spiro atoms. The lowest BCUT2D eigenvalue weighted by Gasteiger charge is -2.21. The van der Waals surface area contributed by atoms with E-state index in [0.717, 1.165) is 38.5 Å². The largest absolute Gasteiger partial charge is 0.380 e. The molecule has 0 saturated carbocycles. The topological polar surface area (TPSA) is 249 Å². The summed E-state index contributed by atoms with van der Waals surface area (Å²) in [5.74, 6) is -2.49. The molecule has 3 atom stereocenters. The van der Waals surface area contributed by atoms with Gasteiger partial charge in [0.25, 0.3) is 0 Å². The highest BCUT2D eigenvalue weighted by molar-refractivity contribution is 7.53. The van der Waals surface area contributed by atoms with E-state index in [-0.39, 0.29) is 83.1 Å². The Balaban J connectivity index is 5.08. The Bertz CT molecular complexity index is 1210. The summed E-state index contributed by atoms with van der Waals surface area (Å²) in [5, 5.41) is 16.4. The van der Waals surface area contributed by atoms with Gasteiger partial charge in [-0.3, -0.25) is 33.3 Å². The molecule has 0 aliphatic carbocycles. The third-order valence-electron chi connectivity index (χ3n) is 8.46. The van der Waals surface area contributed by atoms with Crippen LogP contribution in [0.2, 0.25) is 0 Å². The molecular weight excluding hydrogens is 775 g/mol. The van der Waals surface area contributed by atoms with Crippen molar-refractivity contribution in [1.29, 1.82) is 0 Å². The maximum absolute atomic E-state index is 13.1. The lowest BCUT2D eigenvalue weighted by atomic mass is 10.1. The molecule has 0 aromatic heterocycles. The Hall–Kier alpha value is -3.15. The molecule has 0 fully saturated rings. The third-order valence-corrected chi connectivity index (χ3v) is 10.3. The first kappa shape index (κ1) is 54.9. The number of nitrogens with one attached hydrogen (secondary N) is 6. The first-order valence-electron chi connectivity index (χ1n) is 21.1. The fourth-order valence-electron chi connectivity index (χ4n) is 5.10. The van der Waals surface area contributed by atoms with Crippen LogP contribution in [-0.4, -0.2) is 131 Å². The highest BCUT2D eigenvalue weighted by Gasteiger charge is 2.26. The van der Waals surface area contributed by atoms with E-state index >= 15 is 0 Å². The number of carbonyl (C=O) groups is 6. The highest BCUT2D eigenvalue weighted by atomic mass is 31.2. The number of amides is 6. The lowest BCUT2D eigenvalue weighted by molar-refractivity contribution is -0.131.